The molecule has 1 aliphatic rings. The number of aromatic nitrogens is 4. The lowest BCUT2D eigenvalue weighted by molar-refractivity contribution is 0.297. The zero-order valence-electron chi connectivity index (χ0n) is 10.7. The first kappa shape index (κ1) is 12.2. The van der Waals surface area contributed by atoms with Crippen LogP contribution >= 0.6 is 0 Å². The van der Waals surface area contributed by atoms with E-state index >= 15 is 0 Å². The van der Waals surface area contributed by atoms with Crippen LogP contribution in [-0.4, -0.2) is 44.5 Å². The molecular formula is C12H18N6O. The molecular weight excluding hydrogens is 244 g/mol. The predicted octanol–water partition coefficient (Wildman–Crippen LogP) is 0.676. The summed E-state index contributed by atoms with van der Waals surface area (Å²) in [4.78, 5) is 10.6. The van der Waals surface area contributed by atoms with Crippen molar-refractivity contribution in [3.63, 3.8) is 0 Å². The van der Waals surface area contributed by atoms with Gasteiger partial charge in [-0.05, 0) is 12.8 Å². The normalized spacial score (nSPS) is 16.3. The smallest absolute Gasteiger partial charge is 0.224 e. The second-order valence-corrected chi connectivity index (χ2v) is 4.89. The number of hydrogen-bond acceptors (Lipinski definition) is 6. The molecule has 0 aliphatic heterocycles. The fraction of sp³-hybridized carbons (Fsp3) is 0.583. The number of hydrogen-bond donors (Lipinski definition) is 3. The minimum atomic E-state index is 0.0970. The molecule has 19 heavy (non-hydrogen) atoms. The molecule has 1 saturated carbocycles. The van der Waals surface area contributed by atoms with Crippen LogP contribution in [0, 0.1) is 0 Å². The van der Waals surface area contributed by atoms with E-state index in [1.165, 1.54) is 12.8 Å². The number of anilines is 2. The maximum Gasteiger partial charge on any atom is 0.224 e. The van der Waals surface area contributed by atoms with Crippen molar-refractivity contribution in [3.8, 4) is 0 Å². The van der Waals surface area contributed by atoms with Crippen LogP contribution in [0.2, 0.25) is 0 Å². The number of aliphatic hydroxyl groups is 1. The first-order valence-electron chi connectivity index (χ1n) is 6.63. The van der Waals surface area contributed by atoms with Crippen molar-refractivity contribution in [3.05, 3.63) is 6.20 Å². The summed E-state index contributed by atoms with van der Waals surface area (Å²) in [5, 5.41) is 17.0. The quantitative estimate of drug-likeness (QED) is 0.748. The molecule has 0 amide bonds. The molecule has 1 aliphatic carbocycles. The predicted molar refractivity (Wildman–Crippen MR) is 72.8 cm³/mol. The number of nitrogen functional groups attached to an aromatic ring is 1. The van der Waals surface area contributed by atoms with Crippen molar-refractivity contribution in [1.29, 1.82) is 0 Å². The number of nitrogens with zero attached hydrogens (tertiary/aromatic N) is 4. The Morgan fingerprint density at radius 1 is 1.37 bits per heavy atom. The number of nitrogens with one attached hydrogen (secondary N) is 1. The summed E-state index contributed by atoms with van der Waals surface area (Å²) >= 11 is 0. The highest BCUT2D eigenvalue weighted by Gasteiger charge is 2.25. The van der Waals surface area contributed by atoms with Gasteiger partial charge in [-0.2, -0.15) is 15.1 Å². The van der Waals surface area contributed by atoms with Gasteiger partial charge >= 0.3 is 0 Å². The SMILES string of the molecule is Nc1nc(N(CCO)C2CCCC2)c2cn[nH]c2n1. The van der Waals surface area contributed by atoms with E-state index in [4.69, 9.17) is 5.73 Å². The number of aromatic amines is 1. The fourth-order valence-corrected chi connectivity index (χ4v) is 2.84. The molecule has 0 unspecified atom stereocenters. The third-order valence-electron chi connectivity index (χ3n) is 3.69. The topological polar surface area (TPSA) is 104 Å². The van der Waals surface area contributed by atoms with Crippen LogP contribution in [0.5, 0.6) is 0 Å². The first-order valence-corrected chi connectivity index (χ1v) is 6.63. The third-order valence-corrected chi connectivity index (χ3v) is 3.69. The van der Waals surface area contributed by atoms with Crippen molar-refractivity contribution in [2.24, 2.45) is 0 Å². The van der Waals surface area contributed by atoms with Gasteiger partial charge in [0.15, 0.2) is 5.65 Å². The van der Waals surface area contributed by atoms with Gasteiger partial charge < -0.3 is 15.7 Å². The Hall–Kier alpha value is -1.89. The molecule has 0 saturated heterocycles. The van der Waals surface area contributed by atoms with Crippen LogP contribution in [0.4, 0.5) is 11.8 Å². The standard InChI is InChI=1S/C12H18N6O/c13-12-15-10-9(7-14-17-10)11(16-12)18(5-6-19)8-3-1-2-4-8/h7-8,19H,1-6H2,(H3,13,14,15,16,17). The van der Waals surface area contributed by atoms with Gasteiger partial charge in [-0.1, -0.05) is 12.8 Å². The largest absolute Gasteiger partial charge is 0.395 e. The Bertz CT molecular complexity index is 562. The second kappa shape index (κ2) is 5.00. The molecule has 2 heterocycles. The number of H-pyrrole nitrogens is 1. The van der Waals surface area contributed by atoms with Crippen molar-refractivity contribution in [2.45, 2.75) is 31.7 Å². The lowest BCUT2D eigenvalue weighted by Crippen LogP contribution is -2.36. The average Bonchev–Trinajstić information content (AvgIpc) is 3.05. The Morgan fingerprint density at radius 3 is 2.89 bits per heavy atom. The average molecular weight is 262 g/mol. The van der Waals surface area contributed by atoms with Gasteiger partial charge in [0.2, 0.25) is 5.95 Å². The molecule has 7 nitrogen and oxygen atoms in total. The van der Waals surface area contributed by atoms with Gasteiger partial charge in [-0.15, -0.1) is 0 Å². The molecule has 102 valence electrons. The molecule has 7 heteroatoms. The van der Waals surface area contributed by atoms with Gasteiger partial charge in [-0.25, -0.2) is 0 Å². The second-order valence-electron chi connectivity index (χ2n) is 4.89. The summed E-state index contributed by atoms with van der Waals surface area (Å²) in [5.41, 5.74) is 6.40. The van der Waals surface area contributed by atoms with Crippen molar-refractivity contribution >= 4 is 22.8 Å². The summed E-state index contributed by atoms with van der Waals surface area (Å²) in [6, 6.07) is 0.416. The molecule has 3 rings (SSSR count). The first-order chi connectivity index (χ1) is 9.29. The van der Waals surface area contributed by atoms with Gasteiger partial charge in [-0.3, -0.25) is 5.10 Å². The van der Waals surface area contributed by atoms with Crippen LogP contribution in [0.15, 0.2) is 6.20 Å². The lowest BCUT2D eigenvalue weighted by Gasteiger charge is -2.29. The highest BCUT2D eigenvalue weighted by Crippen LogP contribution is 2.30. The molecule has 1 fully saturated rings. The lowest BCUT2D eigenvalue weighted by atomic mass is 10.2. The Labute approximate surface area is 110 Å². The number of nitrogens with two attached hydrogens (primary N) is 1. The summed E-state index contributed by atoms with van der Waals surface area (Å²) < 4.78 is 0. The maximum absolute atomic E-state index is 9.31. The zero-order chi connectivity index (χ0) is 13.2. The van der Waals surface area contributed by atoms with Crippen LogP contribution in [0.1, 0.15) is 25.7 Å². The highest BCUT2D eigenvalue weighted by atomic mass is 16.3. The molecule has 0 bridgehead atoms. The molecule has 2 aromatic heterocycles. The van der Waals surface area contributed by atoms with E-state index in [9.17, 15) is 5.11 Å². The summed E-state index contributed by atoms with van der Waals surface area (Å²) in [6.07, 6.45) is 6.42. The summed E-state index contributed by atoms with van der Waals surface area (Å²) in [5.74, 6) is 1.00. The van der Waals surface area contributed by atoms with Gasteiger partial charge in [0.1, 0.15) is 5.82 Å². The minimum absolute atomic E-state index is 0.0970. The van der Waals surface area contributed by atoms with E-state index < -0.39 is 0 Å². The maximum atomic E-state index is 9.31. The van der Waals surface area contributed by atoms with E-state index in [-0.39, 0.29) is 12.6 Å². The van der Waals surface area contributed by atoms with Crippen LogP contribution in [-0.2, 0) is 0 Å². The van der Waals surface area contributed by atoms with E-state index in [0.717, 1.165) is 24.0 Å². The van der Waals surface area contributed by atoms with Gasteiger partial charge in [0, 0.05) is 12.6 Å². The van der Waals surface area contributed by atoms with Crippen molar-refractivity contribution in [2.75, 3.05) is 23.8 Å². The zero-order valence-corrected chi connectivity index (χ0v) is 10.7. The van der Waals surface area contributed by atoms with Crippen LogP contribution in [0.3, 0.4) is 0 Å². The van der Waals surface area contributed by atoms with E-state index in [0.29, 0.717) is 18.2 Å². The van der Waals surface area contributed by atoms with Gasteiger partial charge in [0.25, 0.3) is 0 Å². The number of aliphatic hydroxyl groups excluding tert-OH is 1. The highest BCUT2D eigenvalue weighted by molar-refractivity contribution is 5.87. The summed E-state index contributed by atoms with van der Waals surface area (Å²) in [6.45, 7) is 0.654. The van der Waals surface area contributed by atoms with E-state index in [1.54, 1.807) is 6.20 Å². The van der Waals surface area contributed by atoms with Crippen LogP contribution in [0.25, 0.3) is 11.0 Å². The molecule has 0 spiro atoms. The third kappa shape index (κ3) is 2.21. The molecule has 2 aromatic rings. The van der Waals surface area contributed by atoms with E-state index in [1.807, 2.05) is 0 Å². The molecule has 0 radical (unpaired) electrons. The van der Waals surface area contributed by atoms with Crippen LogP contribution < -0.4 is 10.6 Å². The monoisotopic (exact) mass is 262 g/mol. The van der Waals surface area contributed by atoms with E-state index in [2.05, 4.69) is 25.1 Å². The minimum Gasteiger partial charge on any atom is -0.395 e. The fourth-order valence-electron chi connectivity index (χ4n) is 2.84. The van der Waals surface area contributed by atoms with Crippen molar-refractivity contribution < 1.29 is 5.11 Å². The Kier molecular flexibility index (Phi) is 3.20. The number of rotatable bonds is 4. The number of fused-ring (bicyclic) bond motifs is 1. The molecule has 0 aromatic carbocycles. The Morgan fingerprint density at radius 2 is 2.16 bits per heavy atom. The molecule has 0 atom stereocenters. The van der Waals surface area contributed by atoms with Crippen molar-refractivity contribution in [1.82, 2.24) is 20.2 Å². The summed E-state index contributed by atoms with van der Waals surface area (Å²) in [7, 11) is 0. The molecule has 4 N–H and O–H groups in total. The van der Waals surface area contributed by atoms with Gasteiger partial charge in [0.05, 0.1) is 18.2 Å². The Balaban J connectivity index is 2.05.